The van der Waals surface area contributed by atoms with Gasteiger partial charge in [0, 0.05) is 12.2 Å². The molecule has 2 heterocycles. The van der Waals surface area contributed by atoms with Gasteiger partial charge in [-0.3, -0.25) is 4.90 Å². The molecule has 8 heteroatoms. The number of nitrogens with one attached hydrogen (secondary N) is 1. The quantitative estimate of drug-likeness (QED) is 0.587. The highest BCUT2D eigenvalue weighted by molar-refractivity contribution is 5.81. The fourth-order valence-corrected chi connectivity index (χ4v) is 3.44. The summed E-state index contributed by atoms with van der Waals surface area (Å²) in [5.41, 5.74) is 7.31. The van der Waals surface area contributed by atoms with Crippen LogP contribution in [0.3, 0.4) is 0 Å². The van der Waals surface area contributed by atoms with Crippen molar-refractivity contribution in [3.05, 3.63) is 30.1 Å². The Morgan fingerprint density at radius 3 is 2.92 bits per heavy atom. The maximum atomic E-state index is 10.3. The zero-order valence-corrected chi connectivity index (χ0v) is 14.3. The van der Waals surface area contributed by atoms with Gasteiger partial charge in [-0.15, -0.1) is 0 Å². The Labute approximate surface area is 151 Å². The van der Waals surface area contributed by atoms with Crippen molar-refractivity contribution in [1.82, 2.24) is 15.0 Å². The van der Waals surface area contributed by atoms with Crippen LogP contribution in [0, 0.1) is 17.8 Å². The van der Waals surface area contributed by atoms with E-state index in [1.807, 2.05) is 30.0 Å². The van der Waals surface area contributed by atoms with Crippen LogP contribution < -0.4 is 16.0 Å². The van der Waals surface area contributed by atoms with E-state index in [0.717, 1.165) is 16.9 Å². The maximum Gasteiger partial charge on any atom is 0.236 e. The Morgan fingerprint density at radius 2 is 2.19 bits per heavy atom. The zero-order valence-electron chi connectivity index (χ0n) is 14.3. The number of hydrogen-bond acceptors (Lipinski definition) is 8. The van der Waals surface area contributed by atoms with Crippen LogP contribution in [0.25, 0.3) is 0 Å². The minimum atomic E-state index is -1.000. The lowest BCUT2D eigenvalue weighted by molar-refractivity contribution is -0.0409. The number of hydrogen-bond donors (Lipinski definition) is 4. The summed E-state index contributed by atoms with van der Waals surface area (Å²) in [5.74, 6) is 6.75. The lowest BCUT2D eigenvalue weighted by Crippen LogP contribution is -2.43. The topological polar surface area (TPSA) is 120 Å². The molecule has 0 saturated heterocycles. The van der Waals surface area contributed by atoms with Crippen molar-refractivity contribution in [2.75, 3.05) is 22.6 Å². The van der Waals surface area contributed by atoms with Crippen molar-refractivity contribution in [3.8, 4) is 11.8 Å². The molecule has 1 aromatic heterocycles. The second-order valence-electron chi connectivity index (χ2n) is 6.80. The first-order valence-corrected chi connectivity index (χ1v) is 8.48. The molecule has 1 unspecified atom stereocenters. The number of benzene rings is 1. The first-order valence-electron chi connectivity index (χ1n) is 8.48. The number of aliphatic hydroxyl groups excluding tert-OH is 1. The van der Waals surface area contributed by atoms with Gasteiger partial charge < -0.3 is 21.3 Å². The number of nitrogens with two attached hydrogens (primary N) is 1. The van der Waals surface area contributed by atoms with Gasteiger partial charge in [0.25, 0.3) is 0 Å². The molecule has 0 spiro atoms. The zero-order chi connectivity index (χ0) is 18.3. The summed E-state index contributed by atoms with van der Waals surface area (Å²) in [7, 11) is 0. The second-order valence-corrected chi connectivity index (χ2v) is 6.80. The average molecular weight is 352 g/mol. The fraction of sp³-hybridized carbons (Fsp3) is 0.389. The van der Waals surface area contributed by atoms with Crippen molar-refractivity contribution in [3.63, 3.8) is 0 Å². The smallest absolute Gasteiger partial charge is 0.236 e. The highest BCUT2D eigenvalue weighted by atomic mass is 16.3. The van der Waals surface area contributed by atoms with Crippen molar-refractivity contribution in [2.24, 2.45) is 5.92 Å². The normalized spacial score (nSPS) is 26.3. The predicted octanol–water partition coefficient (Wildman–Crippen LogP) is 0.848. The van der Waals surface area contributed by atoms with E-state index >= 15 is 0 Å². The molecule has 134 valence electrons. The number of nitrogens with zero attached hydrogens (tertiary/aromatic N) is 4. The molecule has 1 fully saturated rings. The van der Waals surface area contributed by atoms with E-state index in [2.05, 4.69) is 32.1 Å². The third-order valence-corrected chi connectivity index (χ3v) is 4.75. The van der Waals surface area contributed by atoms with Gasteiger partial charge in [-0.25, -0.2) is 9.97 Å². The average Bonchev–Trinajstić information content (AvgIpc) is 2.92. The largest absolute Gasteiger partial charge is 0.396 e. The Kier molecular flexibility index (Phi) is 3.90. The third kappa shape index (κ3) is 2.92. The van der Waals surface area contributed by atoms with Crippen LogP contribution in [-0.2, 0) is 0 Å². The van der Waals surface area contributed by atoms with E-state index < -0.39 is 5.60 Å². The fourth-order valence-electron chi connectivity index (χ4n) is 3.44. The molecular weight excluding hydrogens is 332 g/mol. The molecular formula is C18H20N6O2. The van der Waals surface area contributed by atoms with Crippen LogP contribution >= 0.6 is 0 Å². The number of fused-ring (bicyclic) bond motifs is 1. The Balaban J connectivity index is 1.63. The van der Waals surface area contributed by atoms with Crippen LogP contribution in [-0.4, -0.2) is 43.5 Å². The van der Waals surface area contributed by atoms with Crippen LogP contribution in [0.4, 0.5) is 23.3 Å². The molecule has 1 aliphatic carbocycles. The van der Waals surface area contributed by atoms with Crippen molar-refractivity contribution >= 4 is 23.3 Å². The third-order valence-electron chi connectivity index (χ3n) is 4.75. The van der Waals surface area contributed by atoms with Gasteiger partial charge in [0.15, 0.2) is 0 Å². The lowest BCUT2D eigenvalue weighted by atomic mass is 9.72. The summed E-state index contributed by atoms with van der Waals surface area (Å²) in [5, 5.41) is 22.8. The van der Waals surface area contributed by atoms with Crippen LogP contribution in [0.1, 0.15) is 25.3 Å². The van der Waals surface area contributed by atoms with E-state index in [1.54, 1.807) is 0 Å². The first-order chi connectivity index (χ1) is 12.5. The van der Waals surface area contributed by atoms with E-state index in [4.69, 9.17) is 10.8 Å². The second kappa shape index (κ2) is 6.12. The molecule has 0 bridgehead atoms. The highest BCUT2D eigenvalue weighted by Crippen LogP contribution is 2.39. The van der Waals surface area contributed by atoms with E-state index in [1.165, 1.54) is 6.33 Å². The van der Waals surface area contributed by atoms with Crippen molar-refractivity contribution < 1.29 is 10.2 Å². The number of anilines is 4. The summed E-state index contributed by atoms with van der Waals surface area (Å²) >= 11 is 0. The molecule has 5 N–H and O–H groups in total. The first kappa shape index (κ1) is 16.6. The molecule has 1 aliphatic heterocycles. The van der Waals surface area contributed by atoms with Crippen molar-refractivity contribution in [2.45, 2.75) is 31.5 Å². The minimum absolute atomic E-state index is 0.0452. The maximum absolute atomic E-state index is 10.3. The van der Waals surface area contributed by atoms with Gasteiger partial charge in [0.05, 0.1) is 11.4 Å². The summed E-state index contributed by atoms with van der Waals surface area (Å²) in [4.78, 5) is 14.2. The molecule has 0 radical (unpaired) electrons. The van der Waals surface area contributed by atoms with E-state index in [-0.39, 0.29) is 24.6 Å². The Hall–Kier alpha value is -2.89. The molecule has 4 rings (SSSR count). The van der Waals surface area contributed by atoms with Gasteiger partial charge in [-0.1, -0.05) is 11.8 Å². The van der Waals surface area contributed by atoms with E-state index in [0.29, 0.717) is 18.8 Å². The SMILES string of the molecule is CC1Nc2ccc(C#CC3(O)CC(CO)C3)cc2N1c1ncnc(N)n1. The number of aromatic nitrogens is 3. The summed E-state index contributed by atoms with van der Waals surface area (Å²) in [6, 6.07) is 5.79. The standard InChI is InChI=1S/C18H20N6O2/c1-11-22-14-3-2-12(4-5-18(26)7-13(8-18)9-25)6-15(14)24(11)17-21-10-20-16(19)23-17/h2-3,6,10-11,13,22,25-26H,7-9H2,1H3,(H2,19,20,21,23). The molecule has 26 heavy (non-hydrogen) atoms. The Bertz CT molecular complexity index is 900. The molecule has 2 aromatic rings. The molecule has 1 saturated carbocycles. The molecule has 0 amide bonds. The predicted molar refractivity (Wildman–Crippen MR) is 97.5 cm³/mol. The summed E-state index contributed by atoms with van der Waals surface area (Å²) < 4.78 is 0. The van der Waals surface area contributed by atoms with Gasteiger partial charge in [-0.05, 0) is 43.9 Å². The van der Waals surface area contributed by atoms with Gasteiger partial charge in [-0.2, -0.15) is 4.98 Å². The van der Waals surface area contributed by atoms with Gasteiger partial charge >= 0.3 is 0 Å². The molecule has 1 atom stereocenters. The molecule has 8 nitrogen and oxygen atoms in total. The molecule has 2 aliphatic rings. The van der Waals surface area contributed by atoms with Gasteiger partial charge in [0.1, 0.15) is 18.1 Å². The monoisotopic (exact) mass is 352 g/mol. The summed E-state index contributed by atoms with van der Waals surface area (Å²) in [6.07, 6.45) is 2.36. The minimum Gasteiger partial charge on any atom is -0.396 e. The number of nitrogen functional groups attached to an aromatic ring is 1. The van der Waals surface area contributed by atoms with Crippen LogP contribution in [0.5, 0.6) is 0 Å². The van der Waals surface area contributed by atoms with Crippen LogP contribution in [0.2, 0.25) is 0 Å². The Morgan fingerprint density at radius 1 is 1.38 bits per heavy atom. The molecule has 1 aromatic carbocycles. The van der Waals surface area contributed by atoms with Crippen LogP contribution in [0.15, 0.2) is 24.5 Å². The number of aliphatic hydroxyl groups is 2. The van der Waals surface area contributed by atoms with E-state index in [9.17, 15) is 5.11 Å². The summed E-state index contributed by atoms with van der Waals surface area (Å²) in [6.45, 7) is 2.09. The highest BCUT2D eigenvalue weighted by Gasteiger charge is 2.40. The van der Waals surface area contributed by atoms with Crippen molar-refractivity contribution in [1.29, 1.82) is 0 Å². The number of rotatable bonds is 2. The lowest BCUT2D eigenvalue weighted by Gasteiger charge is -2.38. The van der Waals surface area contributed by atoms with Gasteiger partial charge in [0.2, 0.25) is 11.9 Å².